The monoisotopic (exact) mass is 283 g/mol. The number of amides is 1. The van der Waals surface area contributed by atoms with Crippen molar-refractivity contribution < 1.29 is 4.79 Å². The topological polar surface area (TPSA) is 46.9 Å². The van der Waals surface area contributed by atoms with Gasteiger partial charge < -0.3 is 5.32 Å². The zero-order valence-corrected chi connectivity index (χ0v) is 11.5. The maximum absolute atomic E-state index is 11.9. The van der Waals surface area contributed by atoms with Crippen LogP contribution in [0, 0.1) is 0 Å². The van der Waals surface area contributed by atoms with Crippen molar-refractivity contribution in [2.45, 2.75) is 6.42 Å². The summed E-state index contributed by atoms with van der Waals surface area (Å²) < 4.78 is 1.74. The van der Waals surface area contributed by atoms with E-state index in [9.17, 15) is 4.79 Å². The second kappa shape index (κ2) is 5.71. The molecule has 0 aliphatic heterocycles. The largest absolute Gasteiger partial charge is 0.309 e. The fourth-order valence-corrected chi connectivity index (χ4v) is 2.58. The molecule has 0 bridgehead atoms. The smallest absolute Gasteiger partial charge is 0.230 e. The van der Waals surface area contributed by atoms with Crippen LogP contribution >= 0.6 is 11.3 Å². The first-order valence-electron chi connectivity index (χ1n) is 6.24. The molecule has 3 rings (SSSR count). The molecule has 0 radical (unpaired) electrons. The van der Waals surface area contributed by atoms with E-state index in [1.54, 1.807) is 22.1 Å². The Kier molecular flexibility index (Phi) is 3.60. The SMILES string of the molecule is O=C(Cc1cccs1)Nc1ccn(-c2ccccc2)n1. The van der Waals surface area contributed by atoms with Crippen molar-refractivity contribution in [1.29, 1.82) is 0 Å². The zero-order valence-electron chi connectivity index (χ0n) is 10.7. The summed E-state index contributed by atoms with van der Waals surface area (Å²) in [5.74, 6) is 0.515. The average molecular weight is 283 g/mol. The third-order valence-corrected chi connectivity index (χ3v) is 3.67. The first-order chi connectivity index (χ1) is 9.81. The molecule has 0 fully saturated rings. The number of thiophene rings is 1. The lowest BCUT2D eigenvalue weighted by molar-refractivity contribution is -0.115. The van der Waals surface area contributed by atoms with Gasteiger partial charge in [0, 0.05) is 17.1 Å². The number of nitrogens with one attached hydrogen (secondary N) is 1. The van der Waals surface area contributed by atoms with Crippen LogP contribution in [0.4, 0.5) is 5.82 Å². The van der Waals surface area contributed by atoms with E-state index >= 15 is 0 Å². The number of carbonyl (C=O) groups is 1. The standard InChI is InChI=1S/C15H13N3OS/c19-15(11-13-7-4-10-20-13)16-14-8-9-18(17-14)12-5-2-1-3-6-12/h1-10H,11H2,(H,16,17,19). The molecule has 1 N–H and O–H groups in total. The molecule has 0 aliphatic rings. The maximum atomic E-state index is 11.9. The molecule has 4 nitrogen and oxygen atoms in total. The van der Waals surface area contributed by atoms with E-state index in [0.717, 1.165) is 10.6 Å². The van der Waals surface area contributed by atoms with E-state index in [1.165, 1.54) is 0 Å². The number of nitrogens with zero attached hydrogens (tertiary/aromatic N) is 2. The molecular weight excluding hydrogens is 270 g/mol. The molecule has 2 heterocycles. The maximum Gasteiger partial charge on any atom is 0.230 e. The minimum absolute atomic E-state index is 0.0502. The van der Waals surface area contributed by atoms with Gasteiger partial charge in [0.15, 0.2) is 5.82 Å². The average Bonchev–Trinajstić information content (AvgIpc) is 3.11. The molecule has 0 aliphatic carbocycles. The summed E-state index contributed by atoms with van der Waals surface area (Å²) in [4.78, 5) is 12.9. The van der Waals surface area contributed by atoms with Gasteiger partial charge >= 0.3 is 0 Å². The van der Waals surface area contributed by atoms with Gasteiger partial charge in [0.25, 0.3) is 0 Å². The van der Waals surface area contributed by atoms with Crippen molar-refractivity contribution in [2.24, 2.45) is 0 Å². The van der Waals surface area contributed by atoms with E-state index in [1.807, 2.05) is 54.0 Å². The molecule has 0 saturated carbocycles. The van der Waals surface area contributed by atoms with Crippen LogP contribution in [0.1, 0.15) is 4.88 Å². The minimum atomic E-state index is -0.0502. The summed E-state index contributed by atoms with van der Waals surface area (Å²) in [5.41, 5.74) is 0.964. The Hall–Kier alpha value is -2.40. The van der Waals surface area contributed by atoms with Gasteiger partial charge in [0.05, 0.1) is 12.1 Å². The Balaban J connectivity index is 1.67. The normalized spacial score (nSPS) is 10.4. The Morgan fingerprint density at radius 3 is 2.75 bits per heavy atom. The number of aromatic nitrogens is 2. The number of carbonyl (C=O) groups excluding carboxylic acids is 1. The highest BCUT2D eigenvalue weighted by molar-refractivity contribution is 7.10. The lowest BCUT2D eigenvalue weighted by Crippen LogP contribution is -2.14. The number of para-hydroxylation sites is 1. The van der Waals surface area contributed by atoms with Crippen molar-refractivity contribution >= 4 is 23.1 Å². The van der Waals surface area contributed by atoms with Crippen LogP contribution < -0.4 is 5.32 Å². The van der Waals surface area contributed by atoms with E-state index in [2.05, 4.69) is 10.4 Å². The molecule has 1 amide bonds. The van der Waals surface area contributed by atoms with Crippen LogP contribution in [0.3, 0.4) is 0 Å². The second-order valence-electron chi connectivity index (χ2n) is 4.29. The zero-order chi connectivity index (χ0) is 13.8. The number of hydrogen-bond acceptors (Lipinski definition) is 3. The highest BCUT2D eigenvalue weighted by atomic mass is 32.1. The van der Waals surface area contributed by atoms with Crippen molar-refractivity contribution in [1.82, 2.24) is 9.78 Å². The summed E-state index contributed by atoms with van der Waals surface area (Å²) in [7, 11) is 0. The Morgan fingerprint density at radius 1 is 1.15 bits per heavy atom. The second-order valence-corrected chi connectivity index (χ2v) is 5.32. The number of rotatable bonds is 4. The van der Waals surface area contributed by atoms with Gasteiger partial charge in [-0.2, -0.15) is 5.10 Å². The number of benzene rings is 1. The fraction of sp³-hybridized carbons (Fsp3) is 0.0667. The third-order valence-electron chi connectivity index (χ3n) is 2.79. The van der Waals surface area contributed by atoms with Gasteiger partial charge in [-0.3, -0.25) is 4.79 Å². The number of anilines is 1. The molecule has 20 heavy (non-hydrogen) atoms. The van der Waals surface area contributed by atoms with Gasteiger partial charge in [-0.05, 0) is 23.6 Å². The van der Waals surface area contributed by atoms with Gasteiger partial charge in [-0.25, -0.2) is 4.68 Å². The quantitative estimate of drug-likeness (QED) is 0.799. The van der Waals surface area contributed by atoms with Crippen LogP contribution in [0.5, 0.6) is 0 Å². The molecule has 5 heteroatoms. The van der Waals surface area contributed by atoms with Crippen LogP contribution in [0.2, 0.25) is 0 Å². The molecule has 0 atom stereocenters. The van der Waals surface area contributed by atoms with Crippen molar-refractivity contribution in [3.63, 3.8) is 0 Å². The Bertz CT molecular complexity index is 689. The molecule has 0 unspecified atom stereocenters. The first kappa shape index (κ1) is 12.6. The van der Waals surface area contributed by atoms with E-state index in [0.29, 0.717) is 12.2 Å². The molecule has 1 aromatic carbocycles. The first-order valence-corrected chi connectivity index (χ1v) is 7.12. The van der Waals surface area contributed by atoms with Gasteiger partial charge in [0.1, 0.15) is 0 Å². The molecule has 0 saturated heterocycles. The minimum Gasteiger partial charge on any atom is -0.309 e. The van der Waals surface area contributed by atoms with Crippen molar-refractivity contribution in [3.8, 4) is 5.69 Å². The summed E-state index contributed by atoms with van der Waals surface area (Å²) >= 11 is 1.58. The van der Waals surface area contributed by atoms with Crippen LogP contribution in [0.25, 0.3) is 5.69 Å². The fourth-order valence-electron chi connectivity index (χ4n) is 1.87. The molecular formula is C15H13N3OS. The lowest BCUT2D eigenvalue weighted by atomic mass is 10.3. The summed E-state index contributed by atoms with van der Waals surface area (Å²) in [5, 5.41) is 9.11. The Labute approximate surface area is 120 Å². The van der Waals surface area contributed by atoms with Gasteiger partial charge in [0.2, 0.25) is 5.91 Å². The Morgan fingerprint density at radius 2 is 2.00 bits per heavy atom. The molecule has 0 spiro atoms. The van der Waals surface area contributed by atoms with Crippen LogP contribution in [0.15, 0.2) is 60.1 Å². The van der Waals surface area contributed by atoms with E-state index < -0.39 is 0 Å². The highest BCUT2D eigenvalue weighted by Gasteiger charge is 2.07. The van der Waals surface area contributed by atoms with Crippen molar-refractivity contribution in [2.75, 3.05) is 5.32 Å². The predicted octanol–water partition coefficient (Wildman–Crippen LogP) is 3.12. The van der Waals surface area contributed by atoms with Crippen LogP contribution in [-0.4, -0.2) is 15.7 Å². The summed E-state index contributed by atoms with van der Waals surface area (Å²) in [6.45, 7) is 0. The molecule has 2 aromatic heterocycles. The molecule has 3 aromatic rings. The predicted molar refractivity (Wildman–Crippen MR) is 80.2 cm³/mol. The summed E-state index contributed by atoms with van der Waals surface area (Å²) in [6, 6.07) is 15.5. The van der Waals surface area contributed by atoms with Gasteiger partial charge in [-0.1, -0.05) is 24.3 Å². The lowest BCUT2D eigenvalue weighted by Gasteiger charge is -2.01. The van der Waals surface area contributed by atoms with Crippen LogP contribution in [-0.2, 0) is 11.2 Å². The highest BCUT2D eigenvalue weighted by Crippen LogP contribution is 2.12. The molecule has 100 valence electrons. The van der Waals surface area contributed by atoms with E-state index in [4.69, 9.17) is 0 Å². The van der Waals surface area contributed by atoms with E-state index in [-0.39, 0.29) is 5.91 Å². The summed E-state index contributed by atoms with van der Waals surface area (Å²) in [6.07, 6.45) is 2.21. The van der Waals surface area contributed by atoms with Gasteiger partial charge in [-0.15, -0.1) is 11.3 Å². The number of hydrogen-bond donors (Lipinski definition) is 1. The van der Waals surface area contributed by atoms with Crippen molar-refractivity contribution in [3.05, 3.63) is 65.0 Å². The third kappa shape index (κ3) is 2.95.